The van der Waals surface area contributed by atoms with Crippen LogP contribution in [-0.4, -0.2) is 5.78 Å². The average molecular weight is 254 g/mol. The third-order valence-electron chi connectivity index (χ3n) is 3.15. The van der Waals surface area contributed by atoms with Crippen LogP contribution in [0.25, 0.3) is 6.08 Å². The molecule has 0 atom stereocenters. The van der Waals surface area contributed by atoms with Crippen LogP contribution in [0.1, 0.15) is 31.2 Å². The summed E-state index contributed by atoms with van der Waals surface area (Å²) in [6.07, 6.45) is 6.05. The highest BCUT2D eigenvalue weighted by atomic mass is 19.2. The molecule has 0 N–H and O–H groups in total. The molecular weight excluding hydrogens is 241 g/mol. The lowest BCUT2D eigenvalue weighted by Crippen LogP contribution is -2.11. The summed E-state index contributed by atoms with van der Waals surface area (Å²) in [6.45, 7) is 0. The molecule has 1 aromatic carbocycles. The van der Waals surface area contributed by atoms with Crippen LogP contribution in [0.2, 0.25) is 0 Å². The van der Waals surface area contributed by atoms with Crippen molar-refractivity contribution in [3.05, 3.63) is 41.2 Å². The molecule has 1 aliphatic rings. The first-order valence-electron chi connectivity index (χ1n) is 5.90. The van der Waals surface area contributed by atoms with Crippen molar-refractivity contribution >= 4 is 11.9 Å². The largest absolute Gasteiger partial charge is 0.300 e. The Morgan fingerprint density at radius 2 is 1.61 bits per heavy atom. The average Bonchev–Trinajstić information content (AvgIpc) is 2.35. The quantitative estimate of drug-likeness (QED) is 0.732. The second kappa shape index (κ2) is 5.38. The molecular formula is C14H13F3O. The maximum absolute atomic E-state index is 13.0. The van der Waals surface area contributed by atoms with Crippen molar-refractivity contribution in [2.75, 3.05) is 0 Å². The minimum atomic E-state index is -1.45. The van der Waals surface area contributed by atoms with E-state index >= 15 is 0 Å². The number of allylic oxidation sites excluding steroid dienone is 1. The predicted octanol–water partition coefficient (Wildman–Crippen LogP) is 3.88. The number of Topliss-reactive ketones (excluding diaryl/α,β-unsaturated/α-hetero) is 1. The third-order valence-corrected chi connectivity index (χ3v) is 3.15. The first kappa shape index (κ1) is 12.9. The Bertz CT molecular complexity index is 461. The Morgan fingerprint density at radius 1 is 1.06 bits per heavy atom. The first-order valence-corrected chi connectivity index (χ1v) is 5.90. The number of hydrogen-bond donors (Lipinski definition) is 0. The molecule has 1 saturated carbocycles. The first-order chi connectivity index (χ1) is 8.56. The van der Waals surface area contributed by atoms with Crippen LogP contribution < -0.4 is 0 Å². The number of ketones is 1. The van der Waals surface area contributed by atoms with Crippen molar-refractivity contribution < 1.29 is 18.0 Å². The Balaban J connectivity index is 2.07. The van der Waals surface area contributed by atoms with Crippen molar-refractivity contribution in [1.82, 2.24) is 0 Å². The van der Waals surface area contributed by atoms with E-state index in [0.717, 1.165) is 25.0 Å². The third kappa shape index (κ3) is 3.00. The molecule has 96 valence electrons. The normalized spacial score (nSPS) is 17.6. The van der Waals surface area contributed by atoms with Crippen molar-refractivity contribution in [3.8, 4) is 0 Å². The molecule has 0 saturated heterocycles. The molecule has 0 bridgehead atoms. The summed E-state index contributed by atoms with van der Waals surface area (Å²) in [6, 6.07) is 1.92. The zero-order valence-corrected chi connectivity index (χ0v) is 9.76. The minimum Gasteiger partial charge on any atom is -0.300 e. The number of rotatable bonds is 2. The molecule has 18 heavy (non-hydrogen) atoms. The van der Waals surface area contributed by atoms with Crippen LogP contribution in [0.15, 0.2) is 18.2 Å². The zero-order valence-electron chi connectivity index (χ0n) is 9.76. The van der Waals surface area contributed by atoms with Gasteiger partial charge in [-0.15, -0.1) is 0 Å². The summed E-state index contributed by atoms with van der Waals surface area (Å²) in [4.78, 5) is 11.0. The minimum absolute atomic E-state index is 0.249. The fraction of sp³-hybridized carbons (Fsp3) is 0.357. The van der Waals surface area contributed by atoms with Crippen LogP contribution >= 0.6 is 0 Å². The number of benzene rings is 1. The SMILES string of the molecule is O=C1CCC(C=Cc2cc(F)c(F)c(F)c2)CC1. The van der Waals surface area contributed by atoms with Gasteiger partial charge in [-0.3, -0.25) is 4.79 Å². The molecule has 1 aromatic rings. The van der Waals surface area contributed by atoms with Gasteiger partial charge >= 0.3 is 0 Å². The molecule has 4 heteroatoms. The van der Waals surface area contributed by atoms with E-state index in [2.05, 4.69) is 0 Å². The van der Waals surface area contributed by atoms with Crippen LogP contribution in [0.5, 0.6) is 0 Å². The lowest BCUT2D eigenvalue weighted by atomic mass is 9.88. The van der Waals surface area contributed by atoms with E-state index < -0.39 is 17.5 Å². The van der Waals surface area contributed by atoms with Crippen molar-refractivity contribution in [2.45, 2.75) is 25.7 Å². The second-order valence-electron chi connectivity index (χ2n) is 4.53. The van der Waals surface area contributed by atoms with Gasteiger partial charge in [-0.1, -0.05) is 12.2 Å². The van der Waals surface area contributed by atoms with E-state index in [1.54, 1.807) is 6.08 Å². The summed E-state index contributed by atoms with van der Waals surface area (Å²) < 4.78 is 38.7. The summed E-state index contributed by atoms with van der Waals surface area (Å²) in [7, 11) is 0. The lowest BCUT2D eigenvalue weighted by molar-refractivity contribution is -0.120. The van der Waals surface area contributed by atoms with E-state index in [9.17, 15) is 18.0 Å². The van der Waals surface area contributed by atoms with Gasteiger partial charge in [0.25, 0.3) is 0 Å². The molecule has 0 radical (unpaired) electrons. The molecule has 0 heterocycles. The summed E-state index contributed by atoms with van der Waals surface area (Å²) in [5.74, 6) is -3.31. The standard InChI is InChI=1S/C14H13F3O/c15-12-7-10(8-13(16)14(12)17)2-1-9-3-5-11(18)6-4-9/h1-2,7-9H,3-6H2. The molecule has 0 aliphatic heterocycles. The zero-order chi connectivity index (χ0) is 13.1. The summed E-state index contributed by atoms with van der Waals surface area (Å²) in [5.41, 5.74) is 0.295. The van der Waals surface area contributed by atoms with E-state index in [1.807, 2.05) is 6.08 Å². The van der Waals surface area contributed by atoms with Gasteiger partial charge in [-0.2, -0.15) is 0 Å². The van der Waals surface area contributed by atoms with Crippen molar-refractivity contribution in [2.24, 2.45) is 5.92 Å². The van der Waals surface area contributed by atoms with Gasteiger partial charge in [-0.05, 0) is 36.5 Å². The second-order valence-corrected chi connectivity index (χ2v) is 4.53. The van der Waals surface area contributed by atoms with Gasteiger partial charge in [0, 0.05) is 12.8 Å². The lowest BCUT2D eigenvalue weighted by Gasteiger charge is -2.16. The molecule has 1 fully saturated rings. The monoisotopic (exact) mass is 254 g/mol. The molecule has 1 nitrogen and oxygen atoms in total. The highest BCUT2D eigenvalue weighted by Gasteiger charge is 2.16. The van der Waals surface area contributed by atoms with Gasteiger partial charge < -0.3 is 0 Å². The van der Waals surface area contributed by atoms with Gasteiger partial charge in [-0.25, -0.2) is 13.2 Å². The van der Waals surface area contributed by atoms with Crippen LogP contribution in [0, 0.1) is 23.4 Å². The van der Waals surface area contributed by atoms with Gasteiger partial charge in [0.1, 0.15) is 5.78 Å². The Labute approximate surface area is 103 Å². The smallest absolute Gasteiger partial charge is 0.194 e. The highest BCUT2D eigenvalue weighted by Crippen LogP contribution is 2.24. The number of hydrogen-bond acceptors (Lipinski definition) is 1. The van der Waals surface area contributed by atoms with E-state index in [1.165, 1.54) is 0 Å². The van der Waals surface area contributed by atoms with Gasteiger partial charge in [0.2, 0.25) is 0 Å². The number of carbonyl (C=O) groups is 1. The molecule has 2 rings (SSSR count). The number of carbonyl (C=O) groups excluding carboxylic acids is 1. The molecule has 0 aromatic heterocycles. The van der Waals surface area contributed by atoms with Gasteiger partial charge in [0.15, 0.2) is 17.5 Å². The number of halogens is 3. The summed E-state index contributed by atoms with van der Waals surface area (Å²) in [5, 5.41) is 0. The Morgan fingerprint density at radius 3 is 2.17 bits per heavy atom. The predicted molar refractivity (Wildman–Crippen MR) is 62.3 cm³/mol. The maximum atomic E-state index is 13.0. The Hall–Kier alpha value is -1.58. The van der Waals surface area contributed by atoms with Crippen molar-refractivity contribution in [3.63, 3.8) is 0 Å². The molecule has 1 aliphatic carbocycles. The van der Waals surface area contributed by atoms with E-state index in [4.69, 9.17) is 0 Å². The van der Waals surface area contributed by atoms with Gasteiger partial charge in [0.05, 0.1) is 0 Å². The van der Waals surface area contributed by atoms with Crippen LogP contribution in [0.3, 0.4) is 0 Å². The van der Waals surface area contributed by atoms with E-state index in [-0.39, 0.29) is 11.7 Å². The van der Waals surface area contributed by atoms with E-state index in [0.29, 0.717) is 18.4 Å². The highest BCUT2D eigenvalue weighted by molar-refractivity contribution is 5.79. The fourth-order valence-electron chi connectivity index (χ4n) is 2.07. The van der Waals surface area contributed by atoms with Crippen LogP contribution in [-0.2, 0) is 4.79 Å². The maximum Gasteiger partial charge on any atom is 0.194 e. The molecule has 0 unspecified atom stereocenters. The topological polar surface area (TPSA) is 17.1 Å². The van der Waals surface area contributed by atoms with Crippen molar-refractivity contribution in [1.29, 1.82) is 0 Å². The van der Waals surface area contributed by atoms with Crippen LogP contribution in [0.4, 0.5) is 13.2 Å². The molecule has 0 amide bonds. The Kier molecular flexibility index (Phi) is 3.84. The fourth-order valence-corrected chi connectivity index (χ4v) is 2.07. The molecule has 0 spiro atoms. The summed E-state index contributed by atoms with van der Waals surface area (Å²) >= 11 is 0.